The summed E-state index contributed by atoms with van der Waals surface area (Å²) in [5.74, 6) is -1.89. The maximum absolute atomic E-state index is 14.4. The van der Waals surface area contributed by atoms with Gasteiger partial charge in [0, 0.05) is 5.92 Å². The summed E-state index contributed by atoms with van der Waals surface area (Å²) in [6.07, 6.45) is 3.40. The lowest BCUT2D eigenvalue weighted by Gasteiger charge is -2.27. The second kappa shape index (κ2) is 7.94. The molecule has 1 aliphatic rings. The maximum atomic E-state index is 14.4. The Labute approximate surface area is 141 Å². The Balaban J connectivity index is 2.03. The van der Waals surface area contributed by atoms with Crippen LogP contribution in [-0.2, 0) is 4.57 Å². The molecule has 0 heterocycles. The zero-order valence-corrected chi connectivity index (χ0v) is 14.9. The first-order valence-electron chi connectivity index (χ1n) is 8.32. The third kappa shape index (κ3) is 5.27. The Bertz CT molecular complexity index is 609. The standard InChI is InChI=1S/C17H25F2O4P/c1-11-3-5-13(6-4-11)14-7-8-15(17(19)16(14)18)23-9-12(2)10-24(20,21)22/h7-8,11-13H,3-6,9-10H2,1-2H3,(H2,20,21,22)/t11?,12-,13?/m1/s1. The molecule has 0 bridgehead atoms. The molecule has 0 unspecified atom stereocenters. The van der Waals surface area contributed by atoms with E-state index in [0.717, 1.165) is 25.7 Å². The van der Waals surface area contributed by atoms with Crippen LogP contribution in [0.5, 0.6) is 5.75 Å². The topological polar surface area (TPSA) is 66.8 Å². The van der Waals surface area contributed by atoms with Gasteiger partial charge in [0.1, 0.15) is 0 Å². The van der Waals surface area contributed by atoms with Crippen molar-refractivity contribution in [2.45, 2.75) is 45.4 Å². The van der Waals surface area contributed by atoms with Gasteiger partial charge in [-0.3, -0.25) is 4.57 Å². The second-order valence-corrected chi connectivity index (χ2v) is 8.70. The number of hydrogen-bond donors (Lipinski definition) is 2. The second-order valence-electron chi connectivity index (χ2n) is 7.00. The van der Waals surface area contributed by atoms with Crippen LogP contribution in [0.1, 0.15) is 51.0 Å². The van der Waals surface area contributed by atoms with Crippen molar-refractivity contribution in [3.05, 3.63) is 29.3 Å². The minimum atomic E-state index is -4.14. The summed E-state index contributed by atoms with van der Waals surface area (Å²) in [6.45, 7) is 3.68. The lowest BCUT2D eigenvalue weighted by atomic mass is 9.79. The van der Waals surface area contributed by atoms with Gasteiger partial charge in [-0.2, -0.15) is 4.39 Å². The minimum Gasteiger partial charge on any atom is -0.490 e. The quantitative estimate of drug-likeness (QED) is 0.734. The van der Waals surface area contributed by atoms with Crippen molar-refractivity contribution < 1.29 is 27.9 Å². The summed E-state index contributed by atoms with van der Waals surface area (Å²) in [4.78, 5) is 17.8. The van der Waals surface area contributed by atoms with Gasteiger partial charge in [0.25, 0.3) is 0 Å². The molecule has 2 N–H and O–H groups in total. The summed E-state index contributed by atoms with van der Waals surface area (Å²) < 4.78 is 44.7. The van der Waals surface area contributed by atoms with Crippen LogP contribution >= 0.6 is 7.60 Å². The van der Waals surface area contributed by atoms with Gasteiger partial charge in [-0.05, 0) is 36.3 Å². The highest BCUT2D eigenvalue weighted by Gasteiger charge is 2.25. The monoisotopic (exact) mass is 362 g/mol. The first-order valence-corrected chi connectivity index (χ1v) is 10.1. The van der Waals surface area contributed by atoms with Crippen LogP contribution < -0.4 is 4.74 Å². The van der Waals surface area contributed by atoms with Crippen molar-refractivity contribution in [1.29, 1.82) is 0 Å². The molecule has 0 aliphatic heterocycles. The van der Waals surface area contributed by atoms with Crippen molar-refractivity contribution in [1.82, 2.24) is 0 Å². The summed E-state index contributed by atoms with van der Waals surface area (Å²) >= 11 is 0. The number of benzene rings is 1. The molecule has 1 saturated carbocycles. The Morgan fingerprint density at radius 3 is 2.42 bits per heavy atom. The molecule has 0 aromatic heterocycles. The average molecular weight is 362 g/mol. The molecular weight excluding hydrogens is 337 g/mol. The van der Waals surface area contributed by atoms with Gasteiger partial charge in [-0.15, -0.1) is 0 Å². The molecule has 0 amide bonds. The van der Waals surface area contributed by atoms with E-state index in [1.54, 1.807) is 13.0 Å². The third-order valence-corrected chi connectivity index (χ3v) is 5.70. The first-order chi connectivity index (χ1) is 11.2. The summed E-state index contributed by atoms with van der Waals surface area (Å²) in [5, 5.41) is 0. The third-order valence-electron chi connectivity index (χ3n) is 4.61. The molecule has 2 rings (SSSR count). The highest BCUT2D eigenvalue weighted by atomic mass is 31.2. The number of halogens is 2. The van der Waals surface area contributed by atoms with E-state index < -0.39 is 25.1 Å². The van der Waals surface area contributed by atoms with Gasteiger partial charge in [0.05, 0.1) is 12.8 Å². The van der Waals surface area contributed by atoms with Crippen LogP contribution in [0.15, 0.2) is 12.1 Å². The summed E-state index contributed by atoms with van der Waals surface area (Å²) in [5.41, 5.74) is 0.398. The van der Waals surface area contributed by atoms with Crippen LogP contribution in [0.4, 0.5) is 8.78 Å². The molecule has 24 heavy (non-hydrogen) atoms. The molecule has 1 aliphatic carbocycles. The molecule has 1 atom stereocenters. The van der Waals surface area contributed by atoms with Gasteiger partial charge < -0.3 is 14.5 Å². The van der Waals surface area contributed by atoms with Crippen LogP contribution in [0.25, 0.3) is 0 Å². The van der Waals surface area contributed by atoms with Crippen molar-refractivity contribution in [3.8, 4) is 5.75 Å². The van der Waals surface area contributed by atoms with E-state index in [-0.39, 0.29) is 24.4 Å². The Hall–Kier alpha value is -0.970. The Morgan fingerprint density at radius 1 is 1.21 bits per heavy atom. The predicted octanol–water partition coefficient (Wildman–Crippen LogP) is 4.45. The molecule has 4 nitrogen and oxygen atoms in total. The van der Waals surface area contributed by atoms with Crippen LogP contribution in [-0.4, -0.2) is 22.6 Å². The lowest BCUT2D eigenvalue weighted by molar-refractivity contribution is 0.248. The minimum absolute atomic E-state index is 0.0401. The van der Waals surface area contributed by atoms with Crippen LogP contribution in [0.2, 0.25) is 0 Å². The van der Waals surface area contributed by atoms with E-state index in [1.807, 2.05) is 0 Å². The van der Waals surface area contributed by atoms with E-state index in [0.29, 0.717) is 11.5 Å². The molecule has 136 valence electrons. The lowest BCUT2D eigenvalue weighted by Crippen LogP contribution is -2.15. The molecule has 1 aromatic rings. The Kier molecular flexibility index (Phi) is 6.40. The molecular formula is C17H25F2O4P. The van der Waals surface area contributed by atoms with Gasteiger partial charge in [0.2, 0.25) is 5.82 Å². The van der Waals surface area contributed by atoms with E-state index in [2.05, 4.69) is 6.92 Å². The van der Waals surface area contributed by atoms with Crippen molar-refractivity contribution in [2.75, 3.05) is 12.8 Å². The average Bonchev–Trinajstić information content (AvgIpc) is 2.48. The molecule has 7 heteroatoms. The number of hydrogen-bond acceptors (Lipinski definition) is 2. The van der Waals surface area contributed by atoms with Gasteiger partial charge in [0.15, 0.2) is 11.6 Å². The number of ether oxygens (including phenoxy) is 1. The van der Waals surface area contributed by atoms with Crippen molar-refractivity contribution >= 4 is 7.60 Å². The smallest absolute Gasteiger partial charge is 0.325 e. The fourth-order valence-electron chi connectivity index (χ4n) is 3.24. The summed E-state index contributed by atoms with van der Waals surface area (Å²) in [7, 11) is -4.14. The van der Waals surface area contributed by atoms with Crippen molar-refractivity contribution in [3.63, 3.8) is 0 Å². The molecule has 0 radical (unpaired) electrons. The van der Waals surface area contributed by atoms with E-state index >= 15 is 0 Å². The highest BCUT2D eigenvalue weighted by molar-refractivity contribution is 7.51. The normalized spacial score (nSPS) is 23.1. The van der Waals surface area contributed by atoms with Gasteiger partial charge in [-0.25, -0.2) is 4.39 Å². The fraction of sp³-hybridized carbons (Fsp3) is 0.647. The van der Waals surface area contributed by atoms with E-state index in [1.165, 1.54) is 6.07 Å². The largest absolute Gasteiger partial charge is 0.490 e. The van der Waals surface area contributed by atoms with Crippen molar-refractivity contribution in [2.24, 2.45) is 11.8 Å². The molecule has 0 saturated heterocycles. The van der Waals surface area contributed by atoms with Crippen LogP contribution in [0, 0.1) is 23.5 Å². The van der Waals surface area contributed by atoms with Gasteiger partial charge in [-0.1, -0.05) is 32.8 Å². The Morgan fingerprint density at radius 2 is 1.83 bits per heavy atom. The SMILES string of the molecule is CC1CCC(c2ccc(OC[C@@H](C)CP(=O)(O)O)c(F)c2F)CC1. The van der Waals surface area contributed by atoms with Gasteiger partial charge >= 0.3 is 7.60 Å². The van der Waals surface area contributed by atoms with E-state index in [9.17, 15) is 13.3 Å². The maximum Gasteiger partial charge on any atom is 0.325 e. The molecule has 1 fully saturated rings. The fourth-order valence-corrected chi connectivity index (χ4v) is 4.15. The zero-order valence-electron chi connectivity index (χ0n) is 14.0. The summed E-state index contributed by atoms with van der Waals surface area (Å²) in [6, 6.07) is 2.98. The molecule has 0 spiro atoms. The zero-order chi connectivity index (χ0) is 17.9. The highest BCUT2D eigenvalue weighted by Crippen LogP contribution is 2.39. The first kappa shape index (κ1) is 19.4. The number of rotatable bonds is 6. The van der Waals surface area contributed by atoms with E-state index in [4.69, 9.17) is 14.5 Å². The van der Waals surface area contributed by atoms with Crippen LogP contribution in [0.3, 0.4) is 0 Å². The predicted molar refractivity (Wildman–Crippen MR) is 88.3 cm³/mol. The molecule has 1 aromatic carbocycles.